The van der Waals surface area contributed by atoms with Gasteiger partial charge in [-0.25, -0.2) is 8.78 Å². The Bertz CT molecular complexity index is 345. The van der Waals surface area contributed by atoms with Gasteiger partial charge in [0.25, 0.3) is 5.92 Å². The van der Waals surface area contributed by atoms with E-state index in [4.69, 9.17) is 16.3 Å². The summed E-state index contributed by atoms with van der Waals surface area (Å²) in [6.45, 7) is 2.55. The maximum absolute atomic E-state index is 13.1. The molecule has 0 atom stereocenters. The highest BCUT2D eigenvalue weighted by Crippen LogP contribution is 2.37. The van der Waals surface area contributed by atoms with Crippen molar-refractivity contribution in [3.63, 3.8) is 0 Å². The summed E-state index contributed by atoms with van der Waals surface area (Å²) in [5, 5.41) is 0.322. The Morgan fingerprint density at radius 3 is 2.36 bits per heavy atom. The number of halogens is 3. The Morgan fingerprint density at radius 2 is 1.93 bits per heavy atom. The molecule has 1 nitrogen and oxygen atoms in total. The fourth-order valence-electron chi connectivity index (χ4n) is 1.17. The molecular formula is C10H11ClF2O. The van der Waals surface area contributed by atoms with Gasteiger partial charge in [0.05, 0.1) is 12.7 Å². The predicted octanol–water partition coefficient (Wildman–Crippen LogP) is 3.77. The minimum atomic E-state index is -2.94. The van der Waals surface area contributed by atoms with E-state index in [1.165, 1.54) is 19.2 Å². The molecule has 0 saturated carbocycles. The summed E-state index contributed by atoms with van der Waals surface area (Å²) in [6, 6.07) is 2.75. The summed E-state index contributed by atoms with van der Waals surface area (Å²) in [5.74, 6) is -2.78. The highest BCUT2D eigenvalue weighted by molar-refractivity contribution is 6.31. The summed E-state index contributed by atoms with van der Waals surface area (Å²) in [4.78, 5) is 0. The third kappa shape index (κ3) is 2.15. The second-order valence-corrected chi connectivity index (χ2v) is 3.60. The van der Waals surface area contributed by atoms with E-state index in [2.05, 4.69) is 0 Å². The first-order valence-electron chi connectivity index (χ1n) is 4.08. The van der Waals surface area contributed by atoms with Crippen molar-refractivity contribution in [2.75, 3.05) is 7.11 Å². The lowest BCUT2D eigenvalue weighted by atomic mass is 10.1. The van der Waals surface area contributed by atoms with Gasteiger partial charge in [-0.15, -0.1) is 0 Å². The van der Waals surface area contributed by atoms with E-state index in [1.807, 2.05) is 0 Å². The Kier molecular flexibility index (Phi) is 3.00. The van der Waals surface area contributed by atoms with Crippen molar-refractivity contribution in [2.24, 2.45) is 0 Å². The quantitative estimate of drug-likeness (QED) is 0.737. The van der Waals surface area contributed by atoms with Gasteiger partial charge >= 0.3 is 0 Å². The Labute approximate surface area is 86.6 Å². The molecule has 0 amide bonds. The molecule has 4 heteroatoms. The van der Waals surface area contributed by atoms with Crippen LogP contribution in [0, 0.1) is 6.92 Å². The molecular weight excluding hydrogens is 210 g/mol. The van der Waals surface area contributed by atoms with Gasteiger partial charge in [0.1, 0.15) is 5.75 Å². The van der Waals surface area contributed by atoms with Crippen molar-refractivity contribution in [1.82, 2.24) is 0 Å². The van der Waals surface area contributed by atoms with E-state index in [-0.39, 0.29) is 11.3 Å². The van der Waals surface area contributed by atoms with Crippen molar-refractivity contribution < 1.29 is 13.5 Å². The molecule has 78 valence electrons. The summed E-state index contributed by atoms with van der Waals surface area (Å²) >= 11 is 5.76. The van der Waals surface area contributed by atoms with Crippen LogP contribution in [-0.2, 0) is 5.92 Å². The van der Waals surface area contributed by atoms with Gasteiger partial charge in [-0.2, -0.15) is 0 Å². The number of hydrogen-bond donors (Lipinski definition) is 0. The van der Waals surface area contributed by atoms with Gasteiger partial charge in [0.15, 0.2) is 0 Å². The van der Waals surface area contributed by atoms with E-state index >= 15 is 0 Å². The van der Waals surface area contributed by atoms with Crippen LogP contribution in [0.4, 0.5) is 8.78 Å². The first kappa shape index (κ1) is 11.2. The molecule has 0 N–H and O–H groups in total. The lowest BCUT2D eigenvalue weighted by Gasteiger charge is -2.16. The van der Waals surface area contributed by atoms with Gasteiger partial charge < -0.3 is 4.74 Å². The first-order valence-corrected chi connectivity index (χ1v) is 4.46. The van der Waals surface area contributed by atoms with Crippen LogP contribution < -0.4 is 4.74 Å². The molecule has 0 saturated heterocycles. The third-order valence-corrected chi connectivity index (χ3v) is 2.36. The molecule has 0 aliphatic rings. The van der Waals surface area contributed by atoms with Crippen molar-refractivity contribution in [3.05, 3.63) is 28.3 Å². The lowest BCUT2D eigenvalue weighted by Crippen LogP contribution is -2.09. The van der Waals surface area contributed by atoms with Crippen LogP contribution >= 0.6 is 11.6 Å². The SMILES string of the molecule is COc1cc(C)c(Cl)cc1C(C)(F)F. The van der Waals surface area contributed by atoms with Gasteiger partial charge in [-0.1, -0.05) is 11.6 Å². The molecule has 0 unspecified atom stereocenters. The van der Waals surface area contributed by atoms with Gasteiger partial charge in [-0.3, -0.25) is 0 Å². The van der Waals surface area contributed by atoms with Crippen molar-refractivity contribution in [3.8, 4) is 5.75 Å². The zero-order valence-electron chi connectivity index (χ0n) is 8.20. The van der Waals surface area contributed by atoms with E-state index in [0.29, 0.717) is 5.02 Å². The Balaban J connectivity index is 3.35. The minimum absolute atomic E-state index is 0.166. The normalized spacial score (nSPS) is 11.6. The Morgan fingerprint density at radius 1 is 1.36 bits per heavy atom. The predicted molar refractivity (Wildman–Crippen MR) is 52.3 cm³/mol. The average Bonchev–Trinajstić information content (AvgIpc) is 2.07. The smallest absolute Gasteiger partial charge is 0.274 e. The van der Waals surface area contributed by atoms with Crippen molar-refractivity contribution in [1.29, 1.82) is 0 Å². The Hall–Kier alpha value is -0.830. The van der Waals surface area contributed by atoms with Crippen LogP contribution in [0.2, 0.25) is 5.02 Å². The molecule has 0 spiro atoms. The molecule has 0 aromatic heterocycles. The van der Waals surface area contributed by atoms with Crippen LogP contribution in [0.5, 0.6) is 5.75 Å². The van der Waals surface area contributed by atoms with Crippen molar-refractivity contribution in [2.45, 2.75) is 19.8 Å². The second-order valence-electron chi connectivity index (χ2n) is 3.19. The van der Waals surface area contributed by atoms with Crippen LogP contribution in [0.15, 0.2) is 12.1 Å². The summed E-state index contributed by atoms with van der Waals surface area (Å²) in [7, 11) is 1.36. The first-order chi connectivity index (χ1) is 6.36. The largest absolute Gasteiger partial charge is 0.496 e. The molecule has 0 heterocycles. The number of rotatable bonds is 2. The van der Waals surface area contributed by atoms with Crippen LogP contribution in [0.1, 0.15) is 18.1 Å². The zero-order valence-corrected chi connectivity index (χ0v) is 8.95. The van der Waals surface area contributed by atoms with Crippen molar-refractivity contribution >= 4 is 11.6 Å². The summed E-state index contributed by atoms with van der Waals surface area (Å²) in [6.07, 6.45) is 0. The number of alkyl halides is 2. The number of hydrogen-bond acceptors (Lipinski definition) is 1. The summed E-state index contributed by atoms with van der Waals surface area (Å²) < 4.78 is 31.0. The third-order valence-electron chi connectivity index (χ3n) is 1.95. The fourth-order valence-corrected chi connectivity index (χ4v) is 1.33. The number of ether oxygens (including phenoxy) is 1. The summed E-state index contributed by atoms with van der Waals surface area (Å²) in [5.41, 5.74) is 0.534. The molecule has 0 aliphatic heterocycles. The highest BCUT2D eigenvalue weighted by Gasteiger charge is 2.29. The molecule has 0 bridgehead atoms. The molecule has 1 aromatic rings. The number of aryl methyl sites for hydroxylation is 1. The minimum Gasteiger partial charge on any atom is -0.496 e. The van der Waals surface area contributed by atoms with E-state index in [9.17, 15) is 8.78 Å². The standard InChI is InChI=1S/C10H11ClF2O/c1-6-4-9(14-3)7(5-8(6)11)10(2,12)13/h4-5H,1-3H3. The number of methoxy groups -OCH3 is 1. The monoisotopic (exact) mass is 220 g/mol. The van der Waals surface area contributed by atoms with Gasteiger partial charge in [0, 0.05) is 11.9 Å². The maximum atomic E-state index is 13.1. The molecule has 1 rings (SSSR count). The average molecular weight is 221 g/mol. The van der Waals surface area contributed by atoms with E-state index in [0.717, 1.165) is 12.5 Å². The molecule has 14 heavy (non-hydrogen) atoms. The molecule has 1 aromatic carbocycles. The fraction of sp³-hybridized carbons (Fsp3) is 0.400. The molecule has 0 fully saturated rings. The maximum Gasteiger partial charge on any atom is 0.274 e. The highest BCUT2D eigenvalue weighted by atomic mass is 35.5. The van der Waals surface area contributed by atoms with E-state index in [1.54, 1.807) is 6.92 Å². The number of benzene rings is 1. The van der Waals surface area contributed by atoms with Crippen LogP contribution in [-0.4, -0.2) is 7.11 Å². The molecule has 0 radical (unpaired) electrons. The topological polar surface area (TPSA) is 9.23 Å². The van der Waals surface area contributed by atoms with Crippen LogP contribution in [0.25, 0.3) is 0 Å². The van der Waals surface area contributed by atoms with Gasteiger partial charge in [0.2, 0.25) is 0 Å². The second kappa shape index (κ2) is 3.73. The van der Waals surface area contributed by atoms with E-state index < -0.39 is 5.92 Å². The molecule has 0 aliphatic carbocycles. The van der Waals surface area contributed by atoms with Gasteiger partial charge in [-0.05, 0) is 24.6 Å². The lowest BCUT2D eigenvalue weighted by molar-refractivity contribution is 0.0151. The van der Waals surface area contributed by atoms with Crippen LogP contribution in [0.3, 0.4) is 0 Å². The zero-order chi connectivity index (χ0) is 10.9.